The highest BCUT2D eigenvalue weighted by atomic mass is 16.5. The SMILES string of the molecule is COCCC1(CNC(=O)NC(C)C(C)C(=O)O)CC1. The largest absolute Gasteiger partial charge is 0.481 e. The average molecular weight is 272 g/mol. The van der Waals surface area contributed by atoms with E-state index in [1.54, 1.807) is 21.0 Å². The van der Waals surface area contributed by atoms with Crippen molar-refractivity contribution < 1.29 is 19.4 Å². The fourth-order valence-electron chi connectivity index (χ4n) is 1.87. The Balaban J connectivity index is 2.26. The highest BCUT2D eigenvalue weighted by molar-refractivity contribution is 5.76. The van der Waals surface area contributed by atoms with Crippen molar-refractivity contribution >= 4 is 12.0 Å². The molecule has 6 nitrogen and oxygen atoms in total. The number of carboxylic acids is 1. The number of carbonyl (C=O) groups is 2. The molecule has 1 saturated carbocycles. The number of carbonyl (C=O) groups excluding carboxylic acids is 1. The van der Waals surface area contributed by atoms with Gasteiger partial charge in [-0.3, -0.25) is 4.79 Å². The van der Waals surface area contributed by atoms with Crippen molar-refractivity contribution in [2.24, 2.45) is 11.3 Å². The molecule has 1 fully saturated rings. The molecule has 0 bridgehead atoms. The molecular weight excluding hydrogens is 248 g/mol. The van der Waals surface area contributed by atoms with Crippen LogP contribution in [-0.2, 0) is 9.53 Å². The summed E-state index contributed by atoms with van der Waals surface area (Å²) in [6, 6.07) is -0.698. The Morgan fingerprint density at radius 3 is 2.47 bits per heavy atom. The van der Waals surface area contributed by atoms with Crippen LogP contribution in [0.2, 0.25) is 0 Å². The predicted molar refractivity (Wildman–Crippen MR) is 71.0 cm³/mol. The van der Waals surface area contributed by atoms with Crippen LogP contribution in [0.3, 0.4) is 0 Å². The molecule has 2 unspecified atom stereocenters. The summed E-state index contributed by atoms with van der Waals surface area (Å²) < 4.78 is 5.05. The van der Waals surface area contributed by atoms with Gasteiger partial charge in [-0.2, -0.15) is 0 Å². The molecular formula is C13H24N2O4. The van der Waals surface area contributed by atoms with Crippen LogP contribution in [-0.4, -0.2) is 43.4 Å². The Hall–Kier alpha value is -1.30. The van der Waals surface area contributed by atoms with Crippen molar-refractivity contribution in [3.8, 4) is 0 Å². The third kappa shape index (κ3) is 5.06. The van der Waals surface area contributed by atoms with Gasteiger partial charge >= 0.3 is 12.0 Å². The number of amides is 2. The van der Waals surface area contributed by atoms with E-state index in [4.69, 9.17) is 9.84 Å². The van der Waals surface area contributed by atoms with Gasteiger partial charge in [0.2, 0.25) is 0 Å². The molecule has 1 rings (SSSR count). The van der Waals surface area contributed by atoms with Crippen molar-refractivity contribution in [3.05, 3.63) is 0 Å². The van der Waals surface area contributed by atoms with Crippen LogP contribution in [0.15, 0.2) is 0 Å². The highest BCUT2D eigenvalue weighted by Crippen LogP contribution is 2.48. The molecule has 3 N–H and O–H groups in total. The van der Waals surface area contributed by atoms with Crippen molar-refractivity contribution in [1.82, 2.24) is 10.6 Å². The first-order valence-electron chi connectivity index (χ1n) is 6.66. The maximum atomic E-state index is 11.7. The maximum absolute atomic E-state index is 11.7. The number of aliphatic carboxylic acids is 1. The topological polar surface area (TPSA) is 87.7 Å². The van der Waals surface area contributed by atoms with Gasteiger partial charge in [0.1, 0.15) is 0 Å². The molecule has 1 aliphatic rings. The Morgan fingerprint density at radius 1 is 1.37 bits per heavy atom. The summed E-state index contributed by atoms with van der Waals surface area (Å²) in [5.74, 6) is -1.51. The molecule has 0 aromatic rings. The summed E-state index contributed by atoms with van der Waals surface area (Å²) in [5, 5.41) is 14.3. The summed E-state index contributed by atoms with van der Waals surface area (Å²) in [4.78, 5) is 22.5. The first-order valence-corrected chi connectivity index (χ1v) is 6.66. The van der Waals surface area contributed by atoms with Crippen LogP contribution >= 0.6 is 0 Å². The van der Waals surface area contributed by atoms with E-state index in [-0.39, 0.29) is 11.4 Å². The standard InChI is InChI=1S/C13H24N2O4/c1-9(11(16)17)10(2)15-12(18)14-8-13(4-5-13)6-7-19-3/h9-10H,4-8H2,1-3H3,(H,16,17)(H2,14,15,18). The number of hydrogen-bond acceptors (Lipinski definition) is 3. The Kier molecular flexibility index (Phi) is 5.60. The van der Waals surface area contributed by atoms with Gasteiger partial charge in [-0.05, 0) is 38.5 Å². The van der Waals surface area contributed by atoms with E-state index < -0.39 is 17.9 Å². The molecule has 2 amide bonds. The first kappa shape index (κ1) is 15.8. The Labute approximate surface area is 113 Å². The number of hydrogen-bond donors (Lipinski definition) is 3. The van der Waals surface area contributed by atoms with Crippen LogP contribution in [0.25, 0.3) is 0 Å². The number of ether oxygens (including phenoxy) is 1. The minimum atomic E-state index is -0.911. The van der Waals surface area contributed by atoms with Gasteiger partial charge in [0, 0.05) is 26.3 Å². The molecule has 0 spiro atoms. The number of rotatable bonds is 8. The predicted octanol–water partition coefficient (Wildman–Crippen LogP) is 1.21. The summed E-state index contributed by atoms with van der Waals surface area (Å²) in [7, 11) is 1.67. The van der Waals surface area contributed by atoms with Crippen molar-refractivity contribution in [3.63, 3.8) is 0 Å². The molecule has 0 saturated heterocycles. The minimum absolute atomic E-state index is 0.189. The average Bonchev–Trinajstić information content (AvgIpc) is 3.13. The second-order valence-corrected chi connectivity index (χ2v) is 5.49. The summed E-state index contributed by atoms with van der Waals surface area (Å²) in [6.45, 7) is 4.59. The second kappa shape index (κ2) is 6.75. The molecule has 19 heavy (non-hydrogen) atoms. The molecule has 110 valence electrons. The number of nitrogens with one attached hydrogen (secondary N) is 2. The van der Waals surface area contributed by atoms with Gasteiger partial charge in [-0.1, -0.05) is 0 Å². The van der Waals surface area contributed by atoms with E-state index >= 15 is 0 Å². The van der Waals surface area contributed by atoms with E-state index in [9.17, 15) is 9.59 Å². The zero-order valence-corrected chi connectivity index (χ0v) is 11.9. The number of carboxylic acid groups (broad SMARTS) is 1. The maximum Gasteiger partial charge on any atom is 0.315 e. The molecule has 6 heteroatoms. The van der Waals surface area contributed by atoms with E-state index in [1.807, 2.05) is 0 Å². The second-order valence-electron chi connectivity index (χ2n) is 5.49. The van der Waals surface area contributed by atoms with Crippen molar-refractivity contribution in [2.75, 3.05) is 20.3 Å². The van der Waals surface area contributed by atoms with Crippen molar-refractivity contribution in [1.29, 1.82) is 0 Å². The smallest absolute Gasteiger partial charge is 0.315 e. The normalized spacial score (nSPS) is 19.3. The highest BCUT2D eigenvalue weighted by Gasteiger charge is 2.42. The lowest BCUT2D eigenvalue weighted by atomic mass is 10.0. The van der Waals surface area contributed by atoms with Crippen LogP contribution in [0.4, 0.5) is 4.79 Å². The third-order valence-electron chi connectivity index (χ3n) is 3.92. The Bertz CT molecular complexity index is 329. The molecule has 0 aliphatic heterocycles. The zero-order chi connectivity index (χ0) is 14.5. The van der Waals surface area contributed by atoms with E-state index in [0.29, 0.717) is 13.2 Å². The fraction of sp³-hybridized carbons (Fsp3) is 0.846. The van der Waals surface area contributed by atoms with Gasteiger partial charge < -0.3 is 20.5 Å². The summed E-state index contributed by atoms with van der Waals surface area (Å²) in [6.07, 6.45) is 3.17. The van der Waals surface area contributed by atoms with E-state index in [0.717, 1.165) is 19.3 Å². The molecule has 0 heterocycles. The van der Waals surface area contributed by atoms with E-state index in [2.05, 4.69) is 10.6 Å². The van der Waals surface area contributed by atoms with Crippen LogP contribution in [0.1, 0.15) is 33.1 Å². The van der Waals surface area contributed by atoms with Gasteiger partial charge in [0.25, 0.3) is 0 Å². The molecule has 1 aliphatic carbocycles. The fourth-order valence-corrected chi connectivity index (χ4v) is 1.87. The molecule has 0 aromatic carbocycles. The van der Waals surface area contributed by atoms with Crippen LogP contribution in [0.5, 0.6) is 0 Å². The molecule has 2 atom stereocenters. The minimum Gasteiger partial charge on any atom is -0.481 e. The van der Waals surface area contributed by atoms with Crippen LogP contribution in [0, 0.1) is 11.3 Å². The van der Waals surface area contributed by atoms with E-state index in [1.165, 1.54) is 0 Å². The zero-order valence-electron chi connectivity index (χ0n) is 11.9. The summed E-state index contributed by atoms with van der Waals surface area (Å²) in [5.41, 5.74) is 0.189. The van der Waals surface area contributed by atoms with Gasteiger partial charge in [0.15, 0.2) is 0 Å². The monoisotopic (exact) mass is 272 g/mol. The third-order valence-corrected chi connectivity index (χ3v) is 3.92. The Morgan fingerprint density at radius 2 is 2.00 bits per heavy atom. The van der Waals surface area contributed by atoms with Gasteiger partial charge in [-0.25, -0.2) is 4.79 Å². The molecule has 0 aromatic heterocycles. The van der Waals surface area contributed by atoms with Gasteiger partial charge in [-0.15, -0.1) is 0 Å². The lowest BCUT2D eigenvalue weighted by molar-refractivity contribution is -0.141. The quantitative estimate of drug-likeness (QED) is 0.620. The lowest BCUT2D eigenvalue weighted by Crippen LogP contribution is -2.46. The lowest BCUT2D eigenvalue weighted by Gasteiger charge is -2.20. The number of methoxy groups -OCH3 is 1. The molecule has 0 radical (unpaired) electrons. The van der Waals surface area contributed by atoms with Gasteiger partial charge in [0.05, 0.1) is 5.92 Å². The van der Waals surface area contributed by atoms with Crippen molar-refractivity contribution in [2.45, 2.75) is 39.2 Å². The number of urea groups is 1. The van der Waals surface area contributed by atoms with Crippen LogP contribution < -0.4 is 10.6 Å². The first-order chi connectivity index (χ1) is 8.90. The summed E-state index contributed by atoms with van der Waals surface area (Å²) >= 11 is 0.